The third kappa shape index (κ3) is 3.33. The van der Waals surface area contributed by atoms with Crippen LogP contribution in [0.5, 0.6) is 0 Å². The van der Waals surface area contributed by atoms with Crippen molar-refractivity contribution < 1.29 is 8.42 Å². The third-order valence-electron chi connectivity index (χ3n) is 3.06. The van der Waals surface area contributed by atoms with Gasteiger partial charge in [0, 0.05) is 4.47 Å². The van der Waals surface area contributed by atoms with E-state index >= 15 is 0 Å². The predicted octanol–water partition coefficient (Wildman–Crippen LogP) is 4.10. The average Bonchev–Trinajstić information content (AvgIpc) is 2.37. The molecule has 0 aliphatic heterocycles. The molecular weight excluding hydrogens is 376 g/mol. The highest BCUT2D eigenvalue weighted by atomic mass is 79.9. The van der Waals surface area contributed by atoms with Crippen LogP contribution in [0, 0.1) is 13.8 Å². The Bertz CT molecular complexity index is 807. The smallest absolute Gasteiger partial charge is 0.264 e. The number of hydrogen-bond donors (Lipinski definition) is 2. The maximum atomic E-state index is 12.6. The lowest BCUT2D eigenvalue weighted by Gasteiger charge is -2.15. The van der Waals surface area contributed by atoms with Crippen molar-refractivity contribution in [3.8, 4) is 0 Å². The molecule has 2 aromatic rings. The Morgan fingerprint density at radius 1 is 1.14 bits per heavy atom. The number of nitrogen functional groups attached to an aromatic ring is 1. The summed E-state index contributed by atoms with van der Waals surface area (Å²) in [5.74, 6) is 0. The highest BCUT2D eigenvalue weighted by molar-refractivity contribution is 9.10. The summed E-state index contributed by atoms with van der Waals surface area (Å²) in [5, 5.41) is 0.303. The lowest BCUT2D eigenvalue weighted by atomic mass is 10.1. The van der Waals surface area contributed by atoms with Gasteiger partial charge in [-0.3, -0.25) is 4.72 Å². The fourth-order valence-corrected chi connectivity index (χ4v) is 4.22. The van der Waals surface area contributed by atoms with E-state index in [-0.39, 0.29) is 10.6 Å². The number of aryl methyl sites for hydroxylation is 2. The molecule has 0 aliphatic carbocycles. The van der Waals surface area contributed by atoms with E-state index in [0.29, 0.717) is 21.8 Å². The molecule has 0 amide bonds. The van der Waals surface area contributed by atoms with Crippen molar-refractivity contribution >= 4 is 48.9 Å². The van der Waals surface area contributed by atoms with Gasteiger partial charge in [0.25, 0.3) is 10.0 Å². The molecule has 3 N–H and O–H groups in total. The van der Waals surface area contributed by atoms with Gasteiger partial charge in [-0.2, -0.15) is 0 Å². The Hall–Kier alpha value is -1.24. The van der Waals surface area contributed by atoms with Crippen molar-refractivity contribution in [3.63, 3.8) is 0 Å². The van der Waals surface area contributed by atoms with Crippen LogP contribution < -0.4 is 10.5 Å². The largest absolute Gasteiger partial charge is 0.397 e. The number of hydrogen-bond acceptors (Lipinski definition) is 3. The molecule has 0 fully saturated rings. The molecule has 2 aromatic carbocycles. The minimum atomic E-state index is -3.81. The van der Waals surface area contributed by atoms with Crippen LogP contribution in [-0.2, 0) is 10.0 Å². The molecule has 0 aliphatic rings. The summed E-state index contributed by atoms with van der Waals surface area (Å²) in [6.45, 7) is 3.47. The van der Waals surface area contributed by atoms with Gasteiger partial charge in [-0.25, -0.2) is 8.42 Å². The Balaban J connectivity index is 2.51. The fraction of sp³-hybridized carbons (Fsp3) is 0.143. The monoisotopic (exact) mass is 388 g/mol. The van der Waals surface area contributed by atoms with E-state index in [2.05, 4.69) is 20.7 Å². The van der Waals surface area contributed by atoms with Gasteiger partial charge in [0.1, 0.15) is 4.90 Å². The molecule has 0 saturated heterocycles. The van der Waals surface area contributed by atoms with Crippen LogP contribution in [0.1, 0.15) is 11.1 Å². The van der Waals surface area contributed by atoms with Crippen molar-refractivity contribution in [1.82, 2.24) is 0 Å². The number of anilines is 2. The molecule has 2 rings (SSSR count). The molecule has 0 radical (unpaired) electrons. The maximum absolute atomic E-state index is 12.6. The zero-order valence-corrected chi connectivity index (χ0v) is 14.6. The highest BCUT2D eigenvalue weighted by Crippen LogP contribution is 2.31. The predicted molar refractivity (Wildman–Crippen MR) is 90.3 cm³/mol. The van der Waals surface area contributed by atoms with Crippen molar-refractivity contribution in [2.45, 2.75) is 18.7 Å². The molecule has 7 heteroatoms. The minimum Gasteiger partial charge on any atom is -0.397 e. The van der Waals surface area contributed by atoms with E-state index in [1.165, 1.54) is 0 Å². The topological polar surface area (TPSA) is 72.2 Å². The standard InChI is InChI=1S/C14H14BrClN2O2S/c1-8-3-4-9(2)14(13(8)17)21(19,20)18-12-6-5-10(15)7-11(12)16/h3-7,18H,17H2,1-2H3. The van der Waals surface area contributed by atoms with Crippen molar-refractivity contribution in [2.75, 3.05) is 10.5 Å². The second kappa shape index (κ2) is 5.87. The van der Waals surface area contributed by atoms with Crippen LogP contribution in [0.3, 0.4) is 0 Å². The number of benzene rings is 2. The van der Waals surface area contributed by atoms with Crippen LogP contribution in [0.2, 0.25) is 5.02 Å². The quantitative estimate of drug-likeness (QED) is 0.776. The Labute approximate surface area is 137 Å². The van der Waals surface area contributed by atoms with Crippen molar-refractivity contribution in [1.29, 1.82) is 0 Å². The number of rotatable bonds is 3. The molecule has 0 aromatic heterocycles. The Morgan fingerprint density at radius 2 is 1.76 bits per heavy atom. The number of nitrogens with one attached hydrogen (secondary N) is 1. The van der Waals surface area contributed by atoms with E-state index in [9.17, 15) is 8.42 Å². The first-order chi connectivity index (χ1) is 9.72. The van der Waals surface area contributed by atoms with E-state index < -0.39 is 10.0 Å². The summed E-state index contributed by atoms with van der Waals surface area (Å²) in [4.78, 5) is 0.0847. The first-order valence-electron chi connectivity index (χ1n) is 6.06. The van der Waals surface area contributed by atoms with Crippen molar-refractivity contribution in [2.24, 2.45) is 0 Å². The maximum Gasteiger partial charge on any atom is 0.264 e. The second-order valence-electron chi connectivity index (χ2n) is 4.67. The molecule has 4 nitrogen and oxygen atoms in total. The van der Waals surface area contributed by atoms with Crippen molar-refractivity contribution in [3.05, 3.63) is 51.0 Å². The van der Waals surface area contributed by atoms with E-state index in [0.717, 1.165) is 4.47 Å². The summed E-state index contributed by atoms with van der Waals surface area (Å²) in [6.07, 6.45) is 0. The molecule has 0 atom stereocenters. The van der Waals surface area contributed by atoms with Crippen LogP contribution in [0.15, 0.2) is 39.7 Å². The molecule has 0 bridgehead atoms. The van der Waals surface area contributed by atoms with Crippen LogP contribution >= 0.6 is 27.5 Å². The Kier molecular flexibility index (Phi) is 4.51. The van der Waals surface area contributed by atoms with E-state index in [1.54, 1.807) is 44.2 Å². The molecule has 0 heterocycles. The molecule has 0 unspecified atom stereocenters. The summed E-state index contributed by atoms with van der Waals surface area (Å²) in [7, 11) is -3.81. The van der Waals surface area contributed by atoms with E-state index in [1.807, 2.05) is 0 Å². The van der Waals surface area contributed by atoms with Crippen LogP contribution in [-0.4, -0.2) is 8.42 Å². The van der Waals surface area contributed by atoms with Gasteiger partial charge in [0.2, 0.25) is 0 Å². The Morgan fingerprint density at radius 3 is 2.38 bits per heavy atom. The molecule has 112 valence electrons. The summed E-state index contributed by atoms with van der Waals surface area (Å²) in [6, 6.07) is 8.42. The first kappa shape index (κ1) is 16.1. The number of nitrogens with two attached hydrogens (primary N) is 1. The van der Waals surface area contributed by atoms with Crippen LogP contribution in [0.25, 0.3) is 0 Å². The summed E-state index contributed by atoms with van der Waals surface area (Å²) in [5.41, 5.74) is 7.77. The van der Waals surface area contributed by atoms with Gasteiger partial charge in [-0.15, -0.1) is 0 Å². The molecule has 21 heavy (non-hydrogen) atoms. The molecule has 0 spiro atoms. The minimum absolute atomic E-state index is 0.0847. The number of sulfonamides is 1. The summed E-state index contributed by atoms with van der Waals surface area (Å²) < 4.78 is 28.4. The lowest BCUT2D eigenvalue weighted by molar-refractivity contribution is 0.601. The third-order valence-corrected chi connectivity index (χ3v) is 5.43. The molecule has 0 saturated carbocycles. The van der Waals surface area contributed by atoms with Gasteiger partial charge in [0.15, 0.2) is 0 Å². The number of halogens is 2. The van der Waals surface area contributed by atoms with Gasteiger partial charge in [-0.1, -0.05) is 39.7 Å². The SMILES string of the molecule is Cc1ccc(C)c(S(=O)(=O)Nc2ccc(Br)cc2Cl)c1N. The van der Waals surface area contributed by atoms with Gasteiger partial charge < -0.3 is 5.73 Å². The zero-order valence-electron chi connectivity index (χ0n) is 11.4. The fourth-order valence-electron chi connectivity index (χ4n) is 1.93. The van der Waals surface area contributed by atoms with Gasteiger partial charge in [0.05, 0.1) is 16.4 Å². The van der Waals surface area contributed by atoms with Gasteiger partial charge in [-0.05, 0) is 43.2 Å². The van der Waals surface area contributed by atoms with E-state index in [4.69, 9.17) is 17.3 Å². The second-order valence-corrected chi connectivity index (χ2v) is 7.61. The zero-order chi connectivity index (χ0) is 15.8. The summed E-state index contributed by atoms with van der Waals surface area (Å²) >= 11 is 9.32. The lowest BCUT2D eigenvalue weighted by Crippen LogP contribution is -2.17. The highest BCUT2D eigenvalue weighted by Gasteiger charge is 2.22. The van der Waals surface area contributed by atoms with Crippen LogP contribution in [0.4, 0.5) is 11.4 Å². The average molecular weight is 390 g/mol. The first-order valence-corrected chi connectivity index (χ1v) is 8.71. The van der Waals surface area contributed by atoms with Gasteiger partial charge >= 0.3 is 0 Å². The normalized spacial score (nSPS) is 11.4. The molecular formula is C14H14BrClN2O2S.